The van der Waals surface area contributed by atoms with E-state index in [1.165, 1.54) is 0 Å². The smallest absolute Gasteiger partial charge is 0.214 e. The maximum absolute atomic E-state index is 6.35. The first kappa shape index (κ1) is 18.2. The van der Waals surface area contributed by atoms with Gasteiger partial charge in [0.05, 0.1) is 32.7 Å². The number of hydrogen-bond donors (Lipinski definition) is 0. The van der Waals surface area contributed by atoms with Gasteiger partial charge in [0, 0.05) is 23.0 Å². The van der Waals surface area contributed by atoms with Crippen molar-refractivity contribution in [3.63, 3.8) is 0 Å². The second-order valence-corrected chi connectivity index (χ2v) is 6.98. The van der Waals surface area contributed by atoms with Gasteiger partial charge in [-0.05, 0) is 17.7 Å². The van der Waals surface area contributed by atoms with Crippen molar-refractivity contribution in [2.75, 3.05) is 13.2 Å². The summed E-state index contributed by atoms with van der Waals surface area (Å²) in [6.07, 6.45) is 5.24. The minimum Gasteiger partial charge on any atom is -0.374 e. The number of hydrogen-bond acceptors (Lipinski definition) is 4. The van der Waals surface area contributed by atoms with Crippen LogP contribution in [-0.2, 0) is 33.1 Å². The van der Waals surface area contributed by atoms with Crippen LogP contribution >= 0.6 is 11.6 Å². The van der Waals surface area contributed by atoms with Crippen molar-refractivity contribution in [1.29, 1.82) is 0 Å². The van der Waals surface area contributed by atoms with Gasteiger partial charge in [0.1, 0.15) is 6.10 Å². The van der Waals surface area contributed by atoms with Crippen LogP contribution in [0.3, 0.4) is 0 Å². The molecule has 2 atom stereocenters. The van der Waals surface area contributed by atoms with Crippen LogP contribution in [0.25, 0.3) is 0 Å². The van der Waals surface area contributed by atoms with Crippen LogP contribution in [0.5, 0.6) is 0 Å². The van der Waals surface area contributed by atoms with Crippen molar-refractivity contribution in [3.05, 3.63) is 89.5 Å². The molecule has 1 aliphatic rings. The van der Waals surface area contributed by atoms with Crippen LogP contribution < -0.4 is 0 Å². The summed E-state index contributed by atoms with van der Waals surface area (Å²) >= 11 is 6.05. The van der Waals surface area contributed by atoms with Crippen molar-refractivity contribution < 1.29 is 14.2 Å². The Morgan fingerprint density at radius 2 is 1.96 bits per heavy atom. The lowest BCUT2D eigenvalue weighted by molar-refractivity contribution is -0.191. The minimum atomic E-state index is -0.883. The van der Waals surface area contributed by atoms with Crippen LogP contribution in [0, 0.1) is 0 Å². The van der Waals surface area contributed by atoms with Crippen LogP contribution in [0.2, 0.25) is 5.02 Å². The molecule has 2 heterocycles. The van der Waals surface area contributed by atoms with Gasteiger partial charge >= 0.3 is 0 Å². The van der Waals surface area contributed by atoms with Gasteiger partial charge in [-0.3, -0.25) is 0 Å². The summed E-state index contributed by atoms with van der Waals surface area (Å²) in [6.45, 7) is 1.99. The molecule has 2 unspecified atom stereocenters. The maximum atomic E-state index is 6.35. The number of rotatable bonds is 7. The highest BCUT2D eigenvalue weighted by Crippen LogP contribution is 2.36. The highest BCUT2D eigenvalue weighted by Gasteiger charge is 2.43. The molecule has 0 spiro atoms. The topological polar surface area (TPSA) is 45.5 Å². The van der Waals surface area contributed by atoms with Gasteiger partial charge in [-0.15, -0.1) is 0 Å². The van der Waals surface area contributed by atoms with Crippen molar-refractivity contribution in [1.82, 2.24) is 9.55 Å². The van der Waals surface area contributed by atoms with E-state index >= 15 is 0 Å². The lowest BCUT2D eigenvalue weighted by atomic mass is 10.1. The molecule has 0 N–H and O–H groups in total. The molecule has 0 amide bonds. The largest absolute Gasteiger partial charge is 0.374 e. The molecule has 1 aromatic heterocycles. The first-order valence-electron chi connectivity index (χ1n) is 8.89. The molecule has 0 bridgehead atoms. The zero-order valence-electron chi connectivity index (χ0n) is 14.8. The van der Waals surface area contributed by atoms with E-state index in [4.69, 9.17) is 25.8 Å². The number of aromatic nitrogens is 2. The molecule has 3 aromatic rings. The van der Waals surface area contributed by atoms with Crippen LogP contribution in [0.15, 0.2) is 73.3 Å². The van der Waals surface area contributed by atoms with Crippen molar-refractivity contribution >= 4 is 11.6 Å². The molecular formula is C21H21ClN2O3. The van der Waals surface area contributed by atoms with E-state index in [9.17, 15) is 0 Å². The Morgan fingerprint density at radius 1 is 1.15 bits per heavy atom. The summed E-state index contributed by atoms with van der Waals surface area (Å²) in [5, 5.41) is 0.678. The molecule has 6 heteroatoms. The lowest BCUT2D eigenvalue weighted by Gasteiger charge is -2.29. The van der Waals surface area contributed by atoms with Gasteiger partial charge in [0.15, 0.2) is 0 Å². The van der Waals surface area contributed by atoms with Crippen molar-refractivity contribution in [3.8, 4) is 0 Å². The Balaban J connectivity index is 1.44. The normalized spacial score (nSPS) is 22.2. The summed E-state index contributed by atoms with van der Waals surface area (Å²) in [5.41, 5.74) is 2.06. The summed E-state index contributed by atoms with van der Waals surface area (Å²) < 4.78 is 20.3. The molecule has 0 radical (unpaired) electrons. The Hall–Kier alpha value is -2.18. The summed E-state index contributed by atoms with van der Waals surface area (Å²) in [5.74, 6) is -0.883. The predicted octanol–water partition coefficient (Wildman–Crippen LogP) is 4.02. The summed E-state index contributed by atoms with van der Waals surface area (Å²) in [7, 11) is 0. The minimum absolute atomic E-state index is 0.145. The van der Waals surface area contributed by atoms with E-state index in [1.807, 2.05) is 65.4 Å². The number of benzene rings is 2. The van der Waals surface area contributed by atoms with Crippen LogP contribution in [-0.4, -0.2) is 28.9 Å². The summed E-state index contributed by atoms with van der Waals surface area (Å²) in [4.78, 5) is 4.11. The van der Waals surface area contributed by atoms with Gasteiger partial charge in [-0.1, -0.05) is 54.1 Å². The Kier molecular flexibility index (Phi) is 5.55. The highest BCUT2D eigenvalue weighted by atomic mass is 35.5. The maximum Gasteiger partial charge on any atom is 0.214 e. The number of imidazole rings is 1. The fourth-order valence-electron chi connectivity index (χ4n) is 3.18. The third-order valence-electron chi connectivity index (χ3n) is 4.51. The van der Waals surface area contributed by atoms with Gasteiger partial charge in [0.2, 0.25) is 5.79 Å². The van der Waals surface area contributed by atoms with E-state index in [0.717, 1.165) is 11.1 Å². The molecule has 5 nitrogen and oxygen atoms in total. The Labute approximate surface area is 163 Å². The summed E-state index contributed by atoms with van der Waals surface area (Å²) in [6, 6.07) is 17.7. The zero-order chi connectivity index (χ0) is 18.5. The molecule has 4 rings (SSSR count). The average molecular weight is 385 g/mol. The number of nitrogens with zero attached hydrogens (tertiary/aromatic N) is 2. The molecule has 27 heavy (non-hydrogen) atoms. The average Bonchev–Trinajstić information content (AvgIpc) is 3.34. The number of ether oxygens (including phenoxy) is 3. The predicted molar refractivity (Wildman–Crippen MR) is 102 cm³/mol. The molecule has 1 saturated heterocycles. The lowest BCUT2D eigenvalue weighted by Crippen LogP contribution is -2.34. The SMILES string of the molecule is Clc1ccc(C2(Cn3ccnc3)OCC(COCc3ccccc3)O2)cc1. The Bertz CT molecular complexity index is 838. The van der Waals surface area contributed by atoms with Gasteiger partial charge in [-0.25, -0.2) is 4.98 Å². The van der Waals surface area contributed by atoms with Crippen LogP contribution in [0.4, 0.5) is 0 Å². The van der Waals surface area contributed by atoms with E-state index in [1.54, 1.807) is 12.5 Å². The van der Waals surface area contributed by atoms with E-state index in [-0.39, 0.29) is 6.10 Å². The second-order valence-electron chi connectivity index (χ2n) is 6.55. The third kappa shape index (κ3) is 4.39. The van der Waals surface area contributed by atoms with E-state index in [0.29, 0.717) is 31.4 Å². The first-order valence-corrected chi connectivity index (χ1v) is 9.26. The van der Waals surface area contributed by atoms with Gasteiger partial charge in [-0.2, -0.15) is 0 Å². The molecular weight excluding hydrogens is 364 g/mol. The highest BCUT2D eigenvalue weighted by molar-refractivity contribution is 6.30. The second kappa shape index (κ2) is 8.23. The third-order valence-corrected chi connectivity index (χ3v) is 4.76. The molecule has 2 aromatic carbocycles. The van der Waals surface area contributed by atoms with Crippen LogP contribution in [0.1, 0.15) is 11.1 Å². The number of halogens is 1. The first-order chi connectivity index (χ1) is 13.2. The van der Waals surface area contributed by atoms with Crippen molar-refractivity contribution in [2.45, 2.75) is 25.0 Å². The fourth-order valence-corrected chi connectivity index (χ4v) is 3.31. The van der Waals surface area contributed by atoms with Gasteiger partial charge in [0.25, 0.3) is 0 Å². The molecule has 1 fully saturated rings. The van der Waals surface area contributed by atoms with Gasteiger partial charge < -0.3 is 18.8 Å². The quantitative estimate of drug-likeness (QED) is 0.617. The monoisotopic (exact) mass is 384 g/mol. The Morgan fingerprint density at radius 3 is 2.70 bits per heavy atom. The molecule has 1 aliphatic heterocycles. The molecule has 0 aliphatic carbocycles. The van der Waals surface area contributed by atoms with E-state index < -0.39 is 5.79 Å². The van der Waals surface area contributed by atoms with E-state index in [2.05, 4.69) is 4.98 Å². The fraction of sp³-hybridized carbons (Fsp3) is 0.286. The standard InChI is InChI=1S/C21H21ClN2O3/c22-19-8-6-18(7-9-19)21(15-24-11-10-23-16-24)26-14-20(27-21)13-25-12-17-4-2-1-3-5-17/h1-11,16,20H,12-15H2. The molecule has 140 valence electrons. The molecule has 0 saturated carbocycles. The zero-order valence-corrected chi connectivity index (χ0v) is 15.6. The van der Waals surface area contributed by atoms with Crippen molar-refractivity contribution in [2.24, 2.45) is 0 Å².